The number of unbranched alkanes of at least 4 members (excludes halogenated alkanes) is 2. The lowest BCUT2D eigenvalue weighted by molar-refractivity contribution is -0.129. The third kappa shape index (κ3) is 6.90. The predicted octanol–water partition coefficient (Wildman–Crippen LogP) is -0.210. The molecule has 5 heteroatoms. The van der Waals surface area contributed by atoms with E-state index in [0.717, 1.165) is 19.3 Å². The molecule has 88 valence electrons. The molecular weight excluding hydrogens is 196 g/mol. The third-order valence-corrected chi connectivity index (χ3v) is 1.96. The van der Waals surface area contributed by atoms with Gasteiger partial charge in [-0.2, -0.15) is 0 Å². The lowest BCUT2D eigenvalue weighted by Crippen LogP contribution is -2.48. The van der Waals surface area contributed by atoms with E-state index in [1.165, 1.54) is 6.92 Å². The van der Waals surface area contributed by atoms with Crippen LogP contribution in [0.4, 0.5) is 0 Å². The summed E-state index contributed by atoms with van der Waals surface area (Å²) in [7, 11) is 0. The lowest BCUT2D eigenvalue weighted by Gasteiger charge is -2.14. The number of rotatable bonds is 7. The van der Waals surface area contributed by atoms with Gasteiger partial charge in [0.25, 0.3) is 0 Å². The maximum absolute atomic E-state index is 11.4. The molecule has 1 unspecified atom stereocenters. The van der Waals surface area contributed by atoms with Gasteiger partial charge in [-0.15, -0.1) is 0 Å². The number of aliphatic hydroxyl groups is 1. The first-order valence-electron chi connectivity index (χ1n) is 5.27. The molecule has 0 heterocycles. The number of hydrogen-bond acceptors (Lipinski definition) is 3. The molecule has 0 rings (SSSR count). The first-order valence-corrected chi connectivity index (χ1v) is 5.27. The molecule has 0 aromatic rings. The Morgan fingerprint density at radius 3 is 2.47 bits per heavy atom. The monoisotopic (exact) mass is 216 g/mol. The van der Waals surface area contributed by atoms with Gasteiger partial charge in [0.2, 0.25) is 11.8 Å². The zero-order valence-corrected chi connectivity index (χ0v) is 9.38. The highest BCUT2D eigenvalue weighted by Crippen LogP contribution is 1.91. The van der Waals surface area contributed by atoms with Gasteiger partial charge in [0, 0.05) is 13.5 Å². The Kier molecular flexibility index (Phi) is 7.62. The number of carbonyl (C=O) groups excluding carboxylic acids is 2. The average Bonchev–Trinajstić information content (AvgIpc) is 2.20. The summed E-state index contributed by atoms with van der Waals surface area (Å²) in [5.74, 6) is -0.651. The second-order valence-electron chi connectivity index (χ2n) is 3.43. The topological polar surface area (TPSA) is 78.4 Å². The van der Waals surface area contributed by atoms with Crippen LogP contribution in [0.1, 0.15) is 33.1 Å². The molecule has 0 saturated heterocycles. The molecule has 3 N–H and O–H groups in total. The van der Waals surface area contributed by atoms with Gasteiger partial charge in [-0.25, -0.2) is 0 Å². The van der Waals surface area contributed by atoms with Gasteiger partial charge in [-0.1, -0.05) is 19.8 Å². The fourth-order valence-corrected chi connectivity index (χ4v) is 1.15. The van der Waals surface area contributed by atoms with Gasteiger partial charge in [0.15, 0.2) is 0 Å². The lowest BCUT2D eigenvalue weighted by atomic mass is 10.2. The Morgan fingerprint density at radius 2 is 2.00 bits per heavy atom. The van der Waals surface area contributed by atoms with Gasteiger partial charge in [0.1, 0.15) is 6.04 Å². The highest BCUT2D eigenvalue weighted by Gasteiger charge is 2.17. The molecule has 15 heavy (non-hydrogen) atoms. The van der Waals surface area contributed by atoms with E-state index in [-0.39, 0.29) is 18.4 Å². The van der Waals surface area contributed by atoms with Crippen molar-refractivity contribution in [2.75, 3.05) is 13.2 Å². The van der Waals surface area contributed by atoms with Crippen LogP contribution in [-0.2, 0) is 9.59 Å². The molecule has 0 aliphatic rings. The average molecular weight is 216 g/mol. The summed E-state index contributed by atoms with van der Waals surface area (Å²) in [4.78, 5) is 22.1. The zero-order chi connectivity index (χ0) is 11.7. The van der Waals surface area contributed by atoms with Crippen LogP contribution in [0.3, 0.4) is 0 Å². The smallest absolute Gasteiger partial charge is 0.244 e. The van der Waals surface area contributed by atoms with Gasteiger partial charge >= 0.3 is 0 Å². The van der Waals surface area contributed by atoms with Crippen molar-refractivity contribution in [3.63, 3.8) is 0 Å². The molecule has 0 bridgehead atoms. The summed E-state index contributed by atoms with van der Waals surface area (Å²) in [5.41, 5.74) is 0. The van der Waals surface area contributed by atoms with Crippen molar-refractivity contribution >= 4 is 11.8 Å². The normalized spacial score (nSPS) is 11.9. The van der Waals surface area contributed by atoms with E-state index in [1.54, 1.807) is 0 Å². The minimum absolute atomic E-state index is 0.322. The van der Waals surface area contributed by atoms with Crippen molar-refractivity contribution in [2.24, 2.45) is 0 Å². The molecule has 0 aromatic carbocycles. The predicted molar refractivity (Wildman–Crippen MR) is 57.2 cm³/mol. The van der Waals surface area contributed by atoms with Gasteiger partial charge in [-0.05, 0) is 6.42 Å². The number of carbonyl (C=O) groups is 2. The Morgan fingerprint density at radius 1 is 1.33 bits per heavy atom. The summed E-state index contributed by atoms with van der Waals surface area (Å²) in [5, 5.41) is 13.9. The Hall–Kier alpha value is -1.10. The van der Waals surface area contributed by atoms with E-state index in [9.17, 15) is 9.59 Å². The van der Waals surface area contributed by atoms with Crippen molar-refractivity contribution in [3.05, 3.63) is 0 Å². The fraction of sp³-hybridized carbons (Fsp3) is 0.800. The minimum atomic E-state index is -0.830. The van der Waals surface area contributed by atoms with Crippen molar-refractivity contribution in [1.82, 2.24) is 10.6 Å². The molecule has 0 aliphatic carbocycles. The van der Waals surface area contributed by atoms with E-state index < -0.39 is 6.04 Å². The van der Waals surface area contributed by atoms with Crippen molar-refractivity contribution in [3.8, 4) is 0 Å². The molecule has 2 amide bonds. The minimum Gasteiger partial charge on any atom is -0.394 e. The molecular formula is C10H20N2O3. The molecule has 0 fully saturated rings. The van der Waals surface area contributed by atoms with E-state index in [1.807, 2.05) is 0 Å². The van der Waals surface area contributed by atoms with Gasteiger partial charge < -0.3 is 15.7 Å². The van der Waals surface area contributed by atoms with Crippen LogP contribution in [0.25, 0.3) is 0 Å². The Balaban J connectivity index is 3.78. The standard InChI is InChI=1S/C10H20N2O3/c1-3-4-5-6-11-10(15)9(7-13)12-8(2)14/h9,13H,3-7H2,1-2H3,(H,11,15)(H,12,14). The van der Waals surface area contributed by atoms with E-state index in [0.29, 0.717) is 6.54 Å². The SMILES string of the molecule is CCCCCNC(=O)C(CO)NC(C)=O. The van der Waals surface area contributed by atoms with Gasteiger partial charge in [-0.3, -0.25) is 9.59 Å². The van der Waals surface area contributed by atoms with Crippen molar-refractivity contribution < 1.29 is 14.7 Å². The van der Waals surface area contributed by atoms with E-state index in [4.69, 9.17) is 5.11 Å². The largest absolute Gasteiger partial charge is 0.394 e. The van der Waals surface area contributed by atoms with Crippen molar-refractivity contribution in [2.45, 2.75) is 39.2 Å². The number of aliphatic hydroxyl groups excluding tert-OH is 1. The third-order valence-electron chi connectivity index (χ3n) is 1.96. The molecule has 0 aromatic heterocycles. The van der Waals surface area contributed by atoms with E-state index in [2.05, 4.69) is 17.6 Å². The molecule has 0 aliphatic heterocycles. The molecule has 0 radical (unpaired) electrons. The second kappa shape index (κ2) is 8.23. The van der Waals surface area contributed by atoms with Crippen LogP contribution in [0.2, 0.25) is 0 Å². The van der Waals surface area contributed by atoms with Crippen LogP contribution < -0.4 is 10.6 Å². The molecule has 5 nitrogen and oxygen atoms in total. The quantitative estimate of drug-likeness (QED) is 0.515. The highest BCUT2D eigenvalue weighted by atomic mass is 16.3. The second-order valence-corrected chi connectivity index (χ2v) is 3.43. The number of nitrogens with one attached hydrogen (secondary N) is 2. The van der Waals surface area contributed by atoms with Crippen LogP contribution in [0.15, 0.2) is 0 Å². The van der Waals surface area contributed by atoms with Crippen LogP contribution in [-0.4, -0.2) is 36.1 Å². The summed E-state index contributed by atoms with van der Waals surface area (Å²) in [6, 6.07) is -0.830. The van der Waals surface area contributed by atoms with E-state index >= 15 is 0 Å². The first-order chi connectivity index (χ1) is 7.11. The molecule has 0 spiro atoms. The summed E-state index contributed by atoms with van der Waals surface area (Å²) < 4.78 is 0. The Bertz CT molecular complexity index is 207. The van der Waals surface area contributed by atoms with Crippen LogP contribution >= 0.6 is 0 Å². The maximum atomic E-state index is 11.4. The van der Waals surface area contributed by atoms with Crippen LogP contribution in [0, 0.1) is 0 Å². The maximum Gasteiger partial charge on any atom is 0.244 e. The van der Waals surface area contributed by atoms with Crippen molar-refractivity contribution in [1.29, 1.82) is 0 Å². The molecule has 1 atom stereocenters. The summed E-state index contributed by atoms with van der Waals surface area (Å²) >= 11 is 0. The Labute approximate surface area is 90.2 Å². The first kappa shape index (κ1) is 13.9. The zero-order valence-electron chi connectivity index (χ0n) is 9.38. The summed E-state index contributed by atoms with van der Waals surface area (Å²) in [6.07, 6.45) is 3.07. The number of amides is 2. The van der Waals surface area contributed by atoms with Crippen LogP contribution in [0.5, 0.6) is 0 Å². The molecule has 0 saturated carbocycles. The summed E-state index contributed by atoms with van der Waals surface area (Å²) in [6.45, 7) is 3.60. The number of hydrogen-bond donors (Lipinski definition) is 3. The fourth-order valence-electron chi connectivity index (χ4n) is 1.15. The van der Waals surface area contributed by atoms with Gasteiger partial charge in [0.05, 0.1) is 6.61 Å². The highest BCUT2D eigenvalue weighted by molar-refractivity contribution is 5.86.